The fraction of sp³-hybridized carbons (Fsp3) is 0.367. The average molecular weight is 557 g/mol. The quantitative estimate of drug-likeness (QED) is 0.208. The number of hydrogen-bond acceptors (Lipinski definition) is 4. The highest BCUT2D eigenvalue weighted by atomic mass is 35.5. The fourth-order valence-corrected chi connectivity index (χ4v) is 6.32. The van der Waals surface area contributed by atoms with Crippen LogP contribution in [0, 0.1) is 17.6 Å². The van der Waals surface area contributed by atoms with E-state index in [2.05, 4.69) is 9.62 Å². The minimum Gasteiger partial charge on any atom is -0.381 e. The predicted molar refractivity (Wildman–Crippen MR) is 148 cm³/mol. The maximum atomic E-state index is 14.9. The van der Waals surface area contributed by atoms with Gasteiger partial charge in [0.05, 0.1) is 0 Å². The Kier molecular flexibility index (Phi) is 9.00. The van der Waals surface area contributed by atoms with Gasteiger partial charge in [0.1, 0.15) is 11.6 Å². The number of nitrogens with one attached hydrogen (secondary N) is 1. The van der Waals surface area contributed by atoms with Gasteiger partial charge in [-0.3, -0.25) is 4.79 Å². The Balaban J connectivity index is 1.21. The lowest BCUT2D eigenvalue weighted by atomic mass is 9.79. The molecule has 38 heavy (non-hydrogen) atoms. The van der Waals surface area contributed by atoms with Gasteiger partial charge in [-0.25, -0.2) is 13.1 Å². The van der Waals surface area contributed by atoms with E-state index in [4.69, 9.17) is 16.3 Å². The van der Waals surface area contributed by atoms with E-state index in [1.165, 1.54) is 18.2 Å². The van der Waals surface area contributed by atoms with Crippen molar-refractivity contribution in [2.45, 2.75) is 49.0 Å². The van der Waals surface area contributed by atoms with Crippen LogP contribution in [0.4, 0.5) is 14.5 Å². The van der Waals surface area contributed by atoms with E-state index in [-0.39, 0.29) is 23.5 Å². The number of ether oxygens (including phenoxy) is 1. The van der Waals surface area contributed by atoms with Crippen LogP contribution in [-0.4, -0.2) is 36.0 Å². The predicted octanol–water partition coefficient (Wildman–Crippen LogP) is 7.48. The zero-order valence-corrected chi connectivity index (χ0v) is 22.6. The SMILES string of the molecule is O=C(CC(c1ccc(Cl)cc1)C1CCOCC1)Nc1cccc(F)c1CCC1CN1Sc1ccc(F)cc1. The standard InChI is InChI=1S/C30H31ClF2N2O2S/c31-22-6-4-20(5-7-22)27(21-14-16-37-17-15-21)18-30(36)34-29-3-1-2-28(33)26(29)13-10-24-19-35(24)38-25-11-8-23(32)9-12-25/h1-9,11-12,21,24,27H,10,13-19H2,(H,34,36). The Morgan fingerprint density at radius 3 is 2.53 bits per heavy atom. The molecule has 5 rings (SSSR count). The fourth-order valence-electron chi connectivity index (χ4n) is 5.17. The molecule has 3 atom stereocenters. The largest absolute Gasteiger partial charge is 0.381 e. The molecule has 0 radical (unpaired) electrons. The molecule has 8 heteroatoms. The molecule has 2 fully saturated rings. The number of carbonyl (C=O) groups is 1. The van der Waals surface area contributed by atoms with Crippen molar-refractivity contribution >= 4 is 35.1 Å². The molecular weight excluding hydrogens is 526 g/mol. The minimum absolute atomic E-state index is 0.0386. The molecule has 3 aromatic carbocycles. The smallest absolute Gasteiger partial charge is 0.225 e. The van der Waals surface area contributed by atoms with Gasteiger partial charge >= 0.3 is 0 Å². The second kappa shape index (κ2) is 12.6. The second-order valence-corrected chi connectivity index (χ2v) is 11.5. The van der Waals surface area contributed by atoms with Crippen LogP contribution in [0.15, 0.2) is 71.6 Å². The van der Waals surface area contributed by atoms with Crippen LogP contribution in [0.1, 0.15) is 42.7 Å². The van der Waals surface area contributed by atoms with Crippen LogP contribution < -0.4 is 5.32 Å². The summed E-state index contributed by atoms with van der Waals surface area (Å²) in [6, 6.07) is 19.3. The van der Waals surface area contributed by atoms with Crippen molar-refractivity contribution in [3.05, 3.63) is 94.5 Å². The summed E-state index contributed by atoms with van der Waals surface area (Å²) in [5, 5.41) is 3.68. The Labute approximate surface area is 231 Å². The lowest BCUT2D eigenvalue weighted by Crippen LogP contribution is -2.26. The van der Waals surface area contributed by atoms with Crippen molar-refractivity contribution in [1.29, 1.82) is 0 Å². The lowest BCUT2D eigenvalue weighted by molar-refractivity contribution is -0.117. The third kappa shape index (κ3) is 7.14. The van der Waals surface area contributed by atoms with Crippen LogP contribution in [-0.2, 0) is 16.0 Å². The van der Waals surface area contributed by atoms with Crippen LogP contribution in [0.5, 0.6) is 0 Å². The molecule has 2 saturated heterocycles. The monoisotopic (exact) mass is 556 g/mol. The average Bonchev–Trinajstić information content (AvgIpc) is 3.67. The molecule has 2 aliphatic rings. The van der Waals surface area contributed by atoms with Crippen LogP contribution in [0.3, 0.4) is 0 Å². The molecule has 2 heterocycles. The molecule has 1 amide bonds. The van der Waals surface area contributed by atoms with Crippen molar-refractivity contribution in [1.82, 2.24) is 4.31 Å². The van der Waals surface area contributed by atoms with E-state index < -0.39 is 0 Å². The Hall–Kier alpha value is -2.45. The molecule has 0 aliphatic carbocycles. The molecule has 3 unspecified atom stereocenters. The highest BCUT2D eigenvalue weighted by Crippen LogP contribution is 2.38. The maximum absolute atomic E-state index is 14.9. The normalized spacial score (nSPS) is 20.2. The van der Waals surface area contributed by atoms with Gasteiger partial charge in [0.25, 0.3) is 0 Å². The van der Waals surface area contributed by atoms with Crippen molar-refractivity contribution in [3.8, 4) is 0 Å². The molecule has 1 N–H and O–H groups in total. The highest BCUT2D eigenvalue weighted by molar-refractivity contribution is 7.97. The summed E-state index contributed by atoms with van der Waals surface area (Å²) in [6.45, 7) is 2.29. The molecule has 200 valence electrons. The summed E-state index contributed by atoms with van der Waals surface area (Å²) >= 11 is 7.69. The van der Waals surface area contributed by atoms with E-state index in [1.807, 2.05) is 24.3 Å². The molecule has 2 aliphatic heterocycles. The second-order valence-electron chi connectivity index (χ2n) is 9.96. The summed E-state index contributed by atoms with van der Waals surface area (Å²) in [4.78, 5) is 14.2. The number of carbonyl (C=O) groups excluding carboxylic acids is 1. The van der Waals surface area contributed by atoms with Crippen LogP contribution in [0.2, 0.25) is 5.02 Å². The van der Waals surface area contributed by atoms with E-state index in [1.54, 1.807) is 36.2 Å². The first-order valence-corrected chi connectivity index (χ1v) is 14.2. The number of hydrogen-bond donors (Lipinski definition) is 1. The number of rotatable bonds is 10. The third-order valence-electron chi connectivity index (χ3n) is 7.36. The topological polar surface area (TPSA) is 41.3 Å². The summed E-state index contributed by atoms with van der Waals surface area (Å²) in [6.07, 6.45) is 3.41. The van der Waals surface area contributed by atoms with Gasteiger partial charge in [-0.1, -0.05) is 29.8 Å². The highest BCUT2D eigenvalue weighted by Gasteiger charge is 2.35. The van der Waals surface area contributed by atoms with E-state index in [9.17, 15) is 13.6 Å². The summed E-state index contributed by atoms with van der Waals surface area (Å²) < 4.78 is 35.8. The van der Waals surface area contributed by atoms with E-state index in [0.29, 0.717) is 54.3 Å². The van der Waals surface area contributed by atoms with Gasteiger partial charge in [0, 0.05) is 53.4 Å². The number of nitrogens with zero attached hydrogens (tertiary/aromatic N) is 1. The Morgan fingerprint density at radius 1 is 1.05 bits per heavy atom. The number of amides is 1. The van der Waals surface area contributed by atoms with Gasteiger partial charge < -0.3 is 10.1 Å². The maximum Gasteiger partial charge on any atom is 0.225 e. The van der Waals surface area contributed by atoms with Crippen molar-refractivity contribution < 1.29 is 18.3 Å². The number of halogens is 3. The van der Waals surface area contributed by atoms with Gasteiger partial charge in [-0.05, 0) is 104 Å². The molecule has 3 aromatic rings. The van der Waals surface area contributed by atoms with Gasteiger partial charge in [0.2, 0.25) is 5.91 Å². The third-order valence-corrected chi connectivity index (χ3v) is 8.78. The molecule has 0 bridgehead atoms. The van der Waals surface area contributed by atoms with E-state index >= 15 is 0 Å². The Bertz CT molecular complexity index is 1240. The summed E-state index contributed by atoms with van der Waals surface area (Å²) in [5.74, 6) is -0.306. The van der Waals surface area contributed by atoms with Gasteiger partial charge in [0.15, 0.2) is 0 Å². The summed E-state index contributed by atoms with van der Waals surface area (Å²) in [5.41, 5.74) is 2.16. The van der Waals surface area contributed by atoms with Crippen molar-refractivity contribution in [3.63, 3.8) is 0 Å². The molecular formula is C30H31ClF2N2O2S. The number of benzene rings is 3. The lowest BCUT2D eigenvalue weighted by Gasteiger charge is -2.30. The zero-order valence-electron chi connectivity index (χ0n) is 21.0. The molecule has 0 saturated carbocycles. The van der Waals surface area contributed by atoms with Gasteiger partial charge in [-0.15, -0.1) is 0 Å². The van der Waals surface area contributed by atoms with Crippen molar-refractivity contribution in [2.75, 3.05) is 25.1 Å². The first-order valence-electron chi connectivity index (χ1n) is 13.1. The van der Waals surface area contributed by atoms with Crippen LogP contribution in [0.25, 0.3) is 0 Å². The zero-order chi connectivity index (χ0) is 26.5. The first kappa shape index (κ1) is 27.1. The Morgan fingerprint density at radius 2 is 1.79 bits per heavy atom. The summed E-state index contributed by atoms with van der Waals surface area (Å²) in [7, 11) is 0. The van der Waals surface area contributed by atoms with Crippen LogP contribution >= 0.6 is 23.5 Å². The van der Waals surface area contributed by atoms with E-state index in [0.717, 1.165) is 36.3 Å². The van der Waals surface area contributed by atoms with Crippen molar-refractivity contribution in [2.24, 2.45) is 5.92 Å². The molecule has 0 aromatic heterocycles. The first-order chi connectivity index (χ1) is 18.5. The molecule has 4 nitrogen and oxygen atoms in total. The van der Waals surface area contributed by atoms with Gasteiger partial charge in [-0.2, -0.15) is 0 Å². The molecule has 0 spiro atoms. The minimum atomic E-state index is -0.306. The number of anilines is 1.